The summed E-state index contributed by atoms with van der Waals surface area (Å²) in [7, 11) is 0. The number of carboxylic acids is 1. The molecule has 0 saturated heterocycles. The van der Waals surface area contributed by atoms with Gasteiger partial charge in [0.2, 0.25) is 0 Å². The molecule has 8 nitrogen and oxygen atoms in total. The average Bonchev–Trinajstić information content (AvgIpc) is 2.43. The van der Waals surface area contributed by atoms with Crippen LogP contribution in [0.5, 0.6) is 0 Å². The van der Waals surface area contributed by atoms with Gasteiger partial charge in [0.05, 0.1) is 4.92 Å². The van der Waals surface area contributed by atoms with Gasteiger partial charge in [0.1, 0.15) is 11.7 Å². The zero-order valence-corrected chi connectivity index (χ0v) is 11.7. The van der Waals surface area contributed by atoms with Crippen LogP contribution in [-0.2, 0) is 4.79 Å². The zero-order valence-electron chi connectivity index (χ0n) is 11.7. The van der Waals surface area contributed by atoms with Crippen LogP contribution < -0.4 is 11.1 Å². The van der Waals surface area contributed by atoms with Gasteiger partial charge in [0, 0.05) is 11.6 Å². The third-order valence-electron chi connectivity index (χ3n) is 3.25. The number of nitro groups is 1. The van der Waals surface area contributed by atoms with Crippen molar-refractivity contribution >= 4 is 23.3 Å². The number of nitrogens with one attached hydrogen (secondary N) is 1. The Kier molecular flexibility index (Phi) is 5.23. The fourth-order valence-corrected chi connectivity index (χ4v) is 1.75. The number of rotatable bonds is 6. The number of nitro benzene ring substituents is 1. The molecule has 2 unspecified atom stereocenters. The zero-order chi connectivity index (χ0) is 16.2. The van der Waals surface area contributed by atoms with E-state index in [0.717, 1.165) is 6.07 Å². The molecule has 0 spiro atoms. The Labute approximate surface area is 121 Å². The number of amides is 1. The minimum atomic E-state index is -1.15. The van der Waals surface area contributed by atoms with Crippen molar-refractivity contribution in [3.8, 4) is 0 Å². The summed E-state index contributed by atoms with van der Waals surface area (Å²) in [5, 5.41) is 22.3. The van der Waals surface area contributed by atoms with Crippen molar-refractivity contribution in [3.05, 3.63) is 33.9 Å². The first-order valence-corrected chi connectivity index (χ1v) is 6.35. The number of carbonyl (C=O) groups is 2. The van der Waals surface area contributed by atoms with Gasteiger partial charge < -0.3 is 16.2 Å². The number of carboxylic acid groups (broad SMARTS) is 1. The van der Waals surface area contributed by atoms with Crippen LogP contribution in [0, 0.1) is 16.0 Å². The van der Waals surface area contributed by atoms with E-state index in [1.165, 1.54) is 12.1 Å². The molecule has 0 aromatic heterocycles. The van der Waals surface area contributed by atoms with Gasteiger partial charge in [-0.15, -0.1) is 0 Å². The Hall–Kier alpha value is -2.64. The highest BCUT2D eigenvalue weighted by atomic mass is 16.6. The van der Waals surface area contributed by atoms with E-state index in [1.54, 1.807) is 13.8 Å². The lowest BCUT2D eigenvalue weighted by Crippen LogP contribution is -2.45. The molecule has 2 atom stereocenters. The molecule has 0 aliphatic carbocycles. The standard InChI is InChI=1S/C13H17N3O5/c1-3-7(2)11(13(18)19)15-12(17)8-4-5-9(14)10(6-8)16(20)21/h4-7,11H,3,14H2,1-2H3,(H,15,17)(H,18,19). The second kappa shape index (κ2) is 6.69. The second-order valence-corrected chi connectivity index (χ2v) is 4.71. The summed E-state index contributed by atoms with van der Waals surface area (Å²) >= 11 is 0. The van der Waals surface area contributed by atoms with Crippen molar-refractivity contribution in [2.24, 2.45) is 5.92 Å². The van der Waals surface area contributed by atoms with Crippen LogP contribution >= 0.6 is 0 Å². The first-order valence-electron chi connectivity index (χ1n) is 6.35. The molecule has 1 rings (SSSR count). The summed E-state index contributed by atoms with van der Waals surface area (Å²) in [6.07, 6.45) is 0.569. The minimum Gasteiger partial charge on any atom is -0.480 e. The molecule has 0 radical (unpaired) electrons. The van der Waals surface area contributed by atoms with Gasteiger partial charge in [0.15, 0.2) is 0 Å². The topological polar surface area (TPSA) is 136 Å². The number of aliphatic carboxylic acids is 1. The predicted octanol–water partition coefficient (Wildman–Crippen LogP) is 1.41. The van der Waals surface area contributed by atoms with Crippen LogP contribution in [0.15, 0.2) is 18.2 Å². The molecule has 8 heteroatoms. The van der Waals surface area contributed by atoms with Gasteiger partial charge in [-0.3, -0.25) is 14.9 Å². The quantitative estimate of drug-likeness (QED) is 0.412. The van der Waals surface area contributed by atoms with Crippen LogP contribution in [0.4, 0.5) is 11.4 Å². The number of nitrogens with zero attached hydrogens (tertiary/aromatic N) is 1. The first kappa shape index (κ1) is 16.4. The fourth-order valence-electron chi connectivity index (χ4n) is 1.75. The van der Waals surface area contributed by atoms with Crippen LogP contribution in [-0.4, -0.2) is 27.9 Å². The van der Waals surface area contributed by atoms with Gasteiger partial charge in [-0.2, -0.15) is 0 Å². The molecular formula is C13H17N3O5. The molecule has 1 amide bonds. The lowest BCUT2D eigenvalue weighted by Gasteiger charge is -2.20. The normalized spacial score (nSPS) is 13.2. The lowest BCUT2D eigenvalue weighted by atomic mass is 9.99. The Morgan fingerprint density at radius 1 is 1.48 bits per heavy atom. The highest BCUT2D eigenvalue weighted by Gasteiger charge is 2.26. The van der Waals surface area contributed by atoms with Gasteiger partial charge >= 0.3 is 5.97 Å². The molecule has 0 bridgehead atoms. The molecule has 0 aliphatic heterocycles. The number of nitrogen functional groups attached to an aromatic ring is 1. The van der Waals surface area contributed by atoms with E-state index in [9.17, 15) is 19.7 Å². The Balaban J connectivity index is 3.00. The van der Waals surface area contributed by atoms with E-state index in [2.05, 4.69) is 5.32 Å². The highest BCUT2D eigenvalue weighted by molar-refractivity contribution is 5.97. The van der Waals surface area contributed by atoms with E-state index in [4.69, 9.17) is 10.8 Å². The maximum atomic E-state index is 12.0. The number of nitrogens with two attached hydrogens (primary N) is 1. The number of benzene rings is 1. The molecule has 1 aromatic rings. The highest BCUT2D eigenvalue weighted by Crippen LogP contribution is 2.22. The average molecular weight is 295 g/mol. The molecule has 114 valence electrons. The van der Waals surface area contributed by atoms with Crippen molar-refractivity contribution in [1.29, 1.82) is 0 Å². The molecule has 0 heterocycles. The number of hydrogen-bond acceptors (Lipinski definition) is 5. The van der Waals surface area contributed by atoms with Crippen molar-refractivity contribution in [2.45, 2.75) is 26.3 Å². The largest absolute Gasteiger partial charge is 0.480 e. The molecular weight excluding hydrogens is 278 g/mol. The van der Waals surface area contributed by atoms with Crippen LogP contribution in [0.25, 0.3) is 0 Å². The monoisotopic (exact) mass is 295 g/mol. The van der Waals surface area contributed by atoms with Crippen molar-refractivity contribution in [2.75, 3.05) is 5.73 Å². The van der Waals surface area contributed by atoms with E-state index >= 15 is 0 Å². The third kappa shape index (κ3) is 3.91. The van der Waals surface area contributed by atoms with Crippen LogP contribution in [0.3, 0.4) is 0 Å². The molecule has 1 aromatic carbocycles. The third-order valence-corrected chi connectivity index (χ3v) is 3.25. The van der Waals surface area contributed by atoms with Gasteiger partial charge in [0.25, 0.3) is 11.6 Å². The SMILES string of the molecule is CCC(C)C(NC(=O)c1ccc(N)c([N+](=O)[O-])c1)C(=O)O. The minimum absolute atomic E-state index is 0.00884. The van der Waals surface area contributed by atoms with Gasteiger partial charge in [-0.1, -0.05) is 20.3 Å². The Morgan fingerprint density at radius 3 is 2.57 bits per heavy atom. The lowest BCUT2D eigenvalue weighted by molar-refractivity contribution is -0.383. The number of hydrogen-bond donors (Lipinski definition) is 3. The Morgan fingerprint density at radius 2 is 2.10 bits per heavy atom. The summed E-state index contributed by atoms with van der Waals surface area (Å²) in [5.41, 5.74) is 4.98. The van der Waals surface area contributed by atoms with Gasteiger partial charge in [-0.25, -0.2) is 4.79 Å². The summed E-state index contributed by atoms with van der Waals surface area (Å²) in [6, 6.07) is 2.53. The predicted molar refractivity (Wildman–Crippen MR) is 75.9 cm³/mol. The smallest absolute Gasteiger partial charge is 0.326 e. The summed E-state index contributed by atoms with van der Waals surface area (Å²) < 4.78 is 0. The summed E-state index contributed by atoms with van der Waals surface area (Å²) in [4.78, 5) is 33.3. The van der Waals surface area contributed by atoms with E-state index in [-0.39, 0.29) is 17.2 Å². The maximum Gasteiger partial charge on any atom is 0.326 e. The van der Waals surface area contributed by atoms with E-state index in [0.29, 0.717) is 6.42 Å². The van der Waals surface area contributed by atoms with E-state index in [1.807, 2.05) is 0 Å². The number of carbonyl (C=O) groups excluding carboxylic acids is 1. The molecule has 0 saturated carbocycles. The van der Waals surface area contributed by atoms with Crippen molar-refractivity contribution in [1.82, 2.24) is 5.32 Å². The van der Waals surface area contributed by atoms with E-state index < -0.39 is 28.5 Å². The van der Waals surface area contributed by atoms with Gasteiger partial charge in [-0.05, 0) is 18.1 Å². The summed E-state index contributed by atoms with van der Waals surface area (Å²) in [5.74, 6) is -2.11. The summed E-state index contributed by atoms with van der Waals surface area (Å²) in [6.45, 7) is 3.51. The molecule has 0 fully saturated rings. The molecule has 4 N–H and O–H groups in total. The Bertz CT molecular complexity index is 573. The fraction of sp³-hybridized carbons (Fsp3) is 0.385. The van der Waals surface area contributed by atoms with Crippen LogP contribution in [0.1, 0.15) is 30.6 Å². The second-order valence-electron chi connectivity index (χ2n) is 4.71. The molecule has 0 aliphatic rings. The van der Waals surface area contributed by atoms with Crippen molar-refractivity contribution in [3.63, 3.8) is 0 Å². The molecule has 21 heavy (non-hydrogen) atoms. The van der Waals surface area contributed by atoms with Crippen molar-refractivity contribution < 1.29 is 19.6 Å². The maximum absolute atomic E-state index is 12.0. The number of anilines is 1. The van der Waals surface area contributed by atoms with Crippen LogP contribution in [0.2, 0.25) is 0 Å². The first-order chi connectivity index (χ1) is 9.77.